The van der Waals surface area contributed by atoms with Gasteiger partial charge in [-0.2, -0.15) is 5.26 Å². The van der Waals surface area contributed by atoms with Gasteiger partial charge in [-0.05, 0) is 62.5 Å². The number of aliphatic hydroxyl groups is 1. The standard InChI is InChI=1S/C31H41F3N8O3/c1-2-21-8-15-41(22-9-13-40(14-10-22)18-20-3-5-24(6-4-20)45-31(32,33)34)23(7-11-35)19-42-26(21)17-25-29(42)39-28(36)27(38-25)30(44)37-12-16-43/h3-6,21-23,26,43H,2,7-10,12-19H2,1H3,(H2,36,39)(H,37,44)/t21-,23+,26+/m1/s1. The Morgan fingerprint density at radius 3 is 2.56 bits per heavy atom. The summed E-state index contributed by atoms with van der Waals surface area (Å²) in [6, 6.07) is 8.87. The maximum absolute atomic E-state index is 12.6. The number of nitrogens with zero attached hydrogens (tertiary/aromatic N) is 6. The molecule has 3 aliphatic heterocycles. The van der Waals surface area contributed by atoms with Gasteiger partial charge in [0.15, 0.2) is 17.3 Å². The predicted octanol–water partition coefficient (Wildman–Crippen LogP) is 3.09. The van der Waals surface area contributed by atoms with Gasteiger partial charge in [0.05, 0.1) is 24.8 Å². The summed E-state index contributed by atoms with van der Waals surface area (Å²) >= 11 is 0. The van der Waals surface area contributed by atoms with Crippen molar-refractivity contribution in [2.45, 2.75) is 76.5 Å². The summed E-state index contributed by atoms with van der Waals surface area (Å²) < 4.78 is 41.5. The van der Waals surface area contributed by atoms with E-state index in [2.05, 4.69) is 47.7 Å². The lowest BCUT2D eigenvalue weighted by molar-refractivity contribution is -0.274. The quantitative estimate of drug-likeness (QED) is 0.378. The molecule has 5 rings (SSSR count). The summed E-state index contributed by atoms with van der Waals surface area (Å²) in [6.45, 7) is 5.92. The summed E-state index contributed by atoms with van der Waals surface area (Å²) in [6.07, 6.45) is 0.0869. The zero-order valence-corrected chi connectivity index (χ0v) is 25.5. The monoisotopic (exact) mass is 630 g/mol. The highest BCUT2D eigenvalue weighted by molar-refractivity contribution is 5.96. The van der Waals surface area contributed by atoms with Gasteiger partial charge < -0.3 is 25.8 Å². The Bertz CT molecular complexity index is 1360. The molecule has 2 fully saturated rings. The zero-order valence-electron chi connectivity index (χ0n) is 25.5. The van der Waals surface area contributed by atoms with Gasteiger partial charge >= 0.3 is 6.36 Å². The maximum Gasteiger partial charge on any atom is 0.573 e. The minimum Gasteiger partial charge on any atom is -0.406 e. The first-order chi connectivity index (χ1) is 21.6. The number of benzene rings is 1. The number of halogens is 3. The molecule has 2 aromatic rings. The van der Waals surface area contributed by atoms with Crippen molar-refractivity contribution in [2.75, 3.05) is 50.0 Å². The van der Waals surface area contributed by atoms with Crippen molar-refractivity contribution in [3.05, 3.63) is 41.2 Å². The first kappa shape index (κ1) is 32.7. The summed E-state index contributed by atoms with van der Waals surface area (Å²) in [5.74, 6) is 0.403. The van der Waals surface area contributed by atoms with E-state index in [0.29, 0.717) is 43.7 Å². The number of alkyl halides is 3. The molecule has 0 saturated carbocycles. The number of aliphatic hydroxyl groups excluding tert-OH is 1. The number of hydrogen-bond acceptors (Lipinski definition) is 10. The van der Waals surface area contributed by atoms with E-state index < -0.39 is 12.3 Å². The van der Waals surface area contributed by atoms with E-state index in [4.69, 9.17) is 10.8 Å². The van der Waals surface area contributed by atoms with Gasteiger partial charge in [-0.1, -0.05) is 25.5 Å². The summed E-state index contributed by atoms with van der Waals surface area (Å²) in [5.41, 5.74) is 7.95. The second-order valence-electron chi connectivity index (χ2n) is 12.0. The molecular weight excluding hydrogens is 589 g/mol. The molecule has 0 radical (unpaired) electrons. The van der Waals surface area contributed by atoms with Crippen molar-refractivity contribution in [3.8, 4) is 11.8 Å². The molecule has 1 aromatic heterocycles. The third-order valence-electron chi connectivity index (χ3n) is 9.28. The van der Waals surface area contributed by atoms with Gasteiger partial charge in [0.2, 0.25) is 0 Å². The van der Waals surface area contributed by atoms with Crippen LogP contribution >= 0.6 is 0 Å². The molecular formula is C31H41F3N8O3. The number of carbonyl (C=O) groups is 1. The Kier molecular flexibility index (Phi) is 10.3. The summed E-state index contributed by atoms with van der Waals surface area (Å²) in [5, 5.41) is 21.5. The number of rotatable bonds is 9. The van der Waals surface area contributed by atoms with Crippen LogP contribution in [0, 0.1) is 17.2 Å². The van der Waals surface area contributed by atoms with Crippen molar-refractivity contribution in [1.82, 2.24) is 25.1 Å². The van der Waals surface area contributed by atoms with Crippen LogP contribution in [0.4, 0.5) is 24.8 Å². The number of nitrogens with two attached hydrogens (primary N) is 1. The largest absolute Gasteiger partial charge is 0.573 e. The zero-order chi connectivity index (χ0) is 32.1. The van der Waals surface area contributed by atoms with E-state index in [1.807, 2.05) is 0 Å². The third-order valence-corrected chi connectivity index (χ3v) is 9.28. The van der Waals surface area contributed by atoms with Crippen LogP contribution in [-0.4, -0.2) is 94.6 Å². The highest BCUT2D eigenvalue weighted by atomic mass is 19.4. The van der Waals surface area contributed by atoms with Gasteiger partial charge in [-0.25, -0.2) is 9.97 Å². The first-order valence-corrected chi connectivity index (χ1v) is 15.6. The van der Waals surface area contributed by atoms with E-state index in [1.165, 1.54) is 12.1 Å². The minimum atomic E-state index is -4.71. The highest BCUT2D eigenvalue weighted by Crippen LogP contribution is 2.39. The van der Waals surface area contributed by atoms with Crippen molar-refractivity contribution >= 4 is 17.5 Å². The SMILES string of the molecule is CC[C@@H]1CCN(C2CCN(Cc3ccc(OC(F)(F)F)cc3)CC2)[C@@H](CC#N)CN2c3nc(N)c(C(=O)NCCO)nc3C[C@@H]12. The molecule has 2 saturated heterocycles. The van der Waals surface area contributed by atoms with E-state index in [0.717, 1.165) is 56.6 Å². The number of hydrogen-bond donors (Lipinski definition) is 3. The Morgan fingerprint density at radius 1 is 1.18 bits per heavy atom. The van der Waals surface area contributed by atoms with Crippen LogP contribution in [0.2, 0.25) is 0 Å². The number of nitrogens with one attached hydrogen (secondary N) is 1. The van der Waals surface area contributed by atoms with Crippen LogP contribution < -0.4 is 20.7 Å². The average molecular weight is 631 g/mol. The fourth-order valence-corrected chi connectivity index (χ4v) is 7.10. The van der Waals surface area contributed by atoms with Crippen LogP contribution in [-0.2, 0) is 13.0 Å². The molecule has 3 atom stereocenters. The normalized spacial score (nSPS) is 23.0. The molecule has 244 valence electrons. The van der Waals surface area contributed by atoms with Crippen molar-refractivity contribution in [1.29, 1.82) is 5.26 Å². The van der Waals surface area contributed by atoms with E-state index in [1.54, 1.807) is 12.1 Å². The lowest BCUT2D eigenvalue weighted by Crippen LogP contribution is -2.56. The molecule has 4 heterocycles. The molecule has 0 aliphatic carbocycles. The number of amides is 1. The van der Waals surface area contributed by atoms with Crippen LogP contribution in [0.1, 0.15) is 60.8 Å². The summed E-state index contributed by atoms with van der Waals surface area (Å²) in [7, 11) is 0. The average Bonchev–Trinajstić information content (AvgIpc) is 3.33. The molecule has 0 unspecified atom stereocenters. The first-order valence-electron chi connectivity index (χ1n) is 15.6. The van der Waals surface area contributed by atoms with Crippen molar-refractivity contribution < 1.29 is 27.8 Å². The number of fused-ring (bicyclic) bond motifs is 3. The Labute approximate surface area is 261 Å². The highest BCUT2D eigenvalue weighted by Gasteiger charge is 2.42. The third kappa shape index (κ3) is 7.77. The number of nitriles is 1. The van der Waals surface area contributed by atoms with Gasteiger partial charge in [0.1, 0.15) is 5.75 Å². The molecule has 1 aromatic carbocycles. The second kappa shape index (κ2) is 14.2. The number of anilines is 2. The van der Waals surface area contributed by atoms with Crippen molar-refractivity contribution in [2.24, 2.45) is 5.92 Å². The molecule has 3 aliphatic rings. The van der Waals surface area contributed by atoms with Crippen LogP contribution in [0.3, 0.4) is 0 Å². The number of ether oxygens (including phenoxy) is 1. The lowest BCUT2D eigenvalue weighted by atomic mass is 9.88. The number of piperidine rings is 1. The molecule has 11 nitrogen and oxygen atoms in total. The molecule has 0 spiro atoms. The van der Waals surface area contributed by atoms with E-state index in [-0.39, 0.29) is 42.5 Å². The van der Waals surface area contributed by atoms with E-state index >= 15 is 0 Å². The smallest absolute Gasteiger partial charge is 0.406 e. The molecule has 0 bridgehead atoms. The maximum atomic E-state index is 12.6. The Hall–Kier alpha value is -3.67. The van der Waals surface area contributed by atoms with Gasteiger partial charge in [-0.3, -0.25) is 14.6 Å². The second-order valence-corrected chi connectivity index (χ2v) is 12.0. The summed E-state index contributed by atoms with van der Waals surface area (Å²) in [4.78, 5) is 29.0. The lowest BCUT2D eigenvalue weighted by Gasteiger charge is -2.47. The van der Waals surface area contributed by atoms with Gasteiger partial charge in [0, 0.05) is 44.2 Å². The number of likely N-dealkylation sites (tertiary alicyclic amines) is 1. The number of carbonyl (C=O) groups excluding carboxylic acids is 1. The molecule has 45 heavy (non-hydrogen) atoms. The van der Waals surface area contributed by atoms with Gasteiger partial charge in [0.25, 0.3) is 5.91 Å². The topological polar surface area (TPSA) is 144 Å². The number of aromatic nitrogens is 2. The van der Waals surface area contributed by atoms with Gasteiger partial charge in [-0.15, -0.1) is 13.2 Å². The van der Waals surface area contributed by atoms with Crippen LogP contribution in [0.25, 0.3) is 0 Å². The van der Waals surface area contributed by atoms with Crippen molar-refractivity contribution in [3.63, 3.8) is 0 Å². The minimum absolute atomic E-state index is 0.0189. The Morgan fingerprint density at radius 2 is 1.91 bits per heavy atom. The molecule has 4 N–H and O–H groups in total. The molecule has 14 heteroatoms. The van der Waals surface area contributed by atoms with E-state index in [9.17, 15) is 23.2 Å². The van der Waals surface area contributed by atoms with Crippen LogP contribution in [0.5, 0.6) is 5.75 Å². The number of nitrogen functional groups attached to an aromatic ring is 1. The fraction of sp³-hybridized carbons (Fsp3) is 0.613. The fourth-order valence-electron chi connectivity index (χ4n) is 7.10. The van der Waals surface area contributed by atoms with Crippen LogP contribution in [0.15, 0.2) is 24.3 Å². The predicted molar refractivity (Wildman–Crippen MR) is 161 cm³/mol. The Balaban J connectivity index is 1.28. The molecule has 1 amide bonds.